The Hall–Kier alpha value is -1.55. The third kappa shape index (κ3) is 6.06. The van der Waals surface area contributed by atoms with E-state index in [9.17, 15) is 4.79 Å². The van der Waals surface area contributed by atoms with Crippen LogP contribution in [0.15, 0.2) is 18.2 Å². The molecular formula is C16H25NO3. The number of aryl methyl sites for hydroxylation is 2. The smallest absolute Gasteiger partial charge is 0.257 e. The molecule has 0 fully saturated rings. The van der Waals surface area contributed by atoms with Crippen LogP contribution >= 0.6 is 0 Å². The average molecular weight is 279 g/mol. The minimum absolute atomic E-state index is 0.0397. The Kier molecular flexibility index (Phi) is 7.09. The number of benzene rings is 1. The zero-order valence-electron chi connectivity index (χ0n) is 12.6. The topological polar surface area (TPSA) is 58.6 Å². The third-order valence-electron chi connectivity index (χ3n) is 3.36. The lowest BCUT2D eigenvalue weighted by atomic mass is 10.1. The van der Waals surface area contributed by atoms with E-state index in [4.69, 9.17) is 9.84 Å². The van der Waals surface area contributed by atoms with Gasteiger partial charge in [0, 0.05) is 13.2 Å². The highest BCUT2D eigenvalue weighted by molar-refractivity contribution is 5.77. The maximum atomic E-state index is 11.6. The van der Waals surface area contributed by atoms with E-state index in [1.165, 1.54) is 5.56 Å². The van der Waals surface area contributed by atoms with Crippen molar-refractivity contribution in [3.8, 4) is 5.75 Å². The summed E-state index contributed by atoms with van der Waals surface area (Å²) in [6, 6.07) is 5.79. The number of ether oxygens (including phenoxy) is 1. The molecule has 0 heterocycles. The first-order valence-corrected chi connectivity index (χ1v) is 7.10. The van der Waals surface area contributed by atoms with Crippen molar-refractivity contribution < 1.29 is 14.6 Å². The molecular weight excluding hydrogens is 254 g/mol. The molecule has 0 aliphatic rings. The molecule has 0 radical (unpaired) electrons. The molecule has 4 heteroatoms. The maximum Gasteiger partial charge on any atom is 0.257 e. The quantitative estimate of drug-likeness (QED) is 0.717. The molecule has 1 rings (SSSR count). The van der Waals surface area contributed by atoms with E-state index in [0.717, 1.165) is 24.2 Å². The number of amides is 1. The summed E-state index contributed by atoms with van der Waals surface area (Å²) >= 11 is 0. The van der Waals surface area contributed by atoms with Crippen LogP contribution in [0.1, 0.15) is 30.9 Å². The van der Waals surface area contributed by atoms with E-state index in [1.54, 1.807) is 0 Å². The summed E-state index contributed by atoms with van der Waals surface area (Å²) in [5.74, 6) is 0.899. The fourth-order valence-electron chi connectivity index (χ4n) is 1.77. The van der Waals surface area contributed by atoms with E-state index >= 15 is 0 Å². The number of hydrogen-bond donors (Lipinski definition) is 2. The molecule has 0 aliphatic heterocycles. The van der Waals surface area contributed by atoms with Crippen LogP contribution in [0.5, 0.6) is 5.75 Å². The lowest BCUT2D eigenvalue weighted by Gasteiger charge is -2.10. The van der Waals surface area contributed by atoms with Crippen molar-refractivity contribution in [1.82, 2.24) is 5.32 Å². The van der Waals surface area contributed by atoms with Gasteiger partial charge in [-0.1, -0.05) is 13.0 Å². The first-order chi connectivity index (χ1) is 9.52. The molecule has 0 spiro atoms. The fraction of sp³-hybridized carbons (Fsp3) is 0.562. The Balaban J connectivity index is 2.21. The second-order valence-electron chi connectivity index (χ2n) is 5.31. The van der Waals surface area contributed by atoms with Crippen LogP contribution < -0.4 is 10.1 Å². The second kappa shape index (κ2) is 8.59. The summed E-state index contributed by atoms with van der Waals surface area (Å²) in [7, 11) is 0. The van der Waals surface area contributed by atoms with Gasteiger partial charge in [0.2, 0.25) is 0 Å². The Morgan fingerprint density at radius 2 is 2.10 bits per heavy atom. The lowest BCUT2D eigenvalue weighted by molar-refractivity contribution is -0.123. The molecule has 1 aromatic carbocycles. The minimum Gasteiger partial charge on any atom is -0.484 e. The minimum atomic E-state index is -0.111. The SMILES string of the molecule is Cc1ccc(OCC(=O)NCCCC(C)CO)cc1C. The van der Waals surface area contributed by atoms with Crippen molar-refractivity contribution in [1.29, 1.82) is 0 Å². The molecule has 0 saturated heterocycles. The highest BCUT2D eigenvalue weighted by Gasteiger charge is 2.04. The molecule has 1 aromatic rings. The number of nitrogens with one attached hydrogen (secondary N) is 1. The standard InChI is InChI=1S/C16H25NO3/c1-12(10-18)5-4-8-17-16(19)11-20-15-7-6-13(2)14(3)9-15/h6-7,9,12,18H,4-5,8,10-11H2,1-3H3,(H,17,19). The van der Waals surface area contributed by atoms with Gasteiger partial charge in [-0.2, -0.15) is 0 Å². The van der Waals surface area contributed by atoms with Crippen LogP contribution in [0.4, 0.5) is 0 Å². The monoisotopic (exact) mass is 279 g/mol. The van der Waals surface area contributed by atoms with E-state index < -0.39 is 0 Å². The van der Waals surface area contributed by atoms with Crippen LogP contribution in [0, 0.1) is 19.8 Å². The number of aliphatic hydroxyl groups is 1. The zero-order valence-corrected chi connectivity index (χ0v) is 12.6. The van der Waals surface area contributed by atoms with Crippen LogP contribution in [0.25, 0.3) is 0 Å². The van der Waals surface area contributed by atoms with Crippen LogP contribution in [-0.2, 0) is 4.79 Å². The van der Waals surface area contributed by atoms with Gasteiger partial charge >= 0.3 is 0 Å². The molecule has 0 aromatic heterocycles. The van der Waals surface area contributed by atoms with Crippen LogP contribution in [0.2, 0.25) is 0 Å². The zero-order chi connectivity index (χ0) is 15.0. The van der Waals surface area contributed by atoms with E-state index in [-0.39, 0.29) is 19.1 Å². The van der Waals surface area contributed by atoms with Gasteiger partial charge in [0.15, 0.2) is 6.61 Å². The summed E-state index contributed by atoms with van der Waals surface area (Å²) in [5.41, 5.74) is 2.36. The fourth-order valence-corrected chi connectivity index (χ4v) is 1.77. The predicted octanol–water partition coefficient (Wildman–Crippen LogP) is 2.21. The Bertz CT molecular complexity index is 432. The average Bonchev–Trinajstić information content (AvgIpc) is 2.44. The van der Waals surface area contributed by atoms with Crippen molar-refractivity contribution in [3.63, 3.8) is 0 Å². The van der Waals surface area contributed by atoms with Gasteiger partial charge in [-0.25, -0.2) is 0 Å². The molecule has 1 unspecified atom stereocenters. The number of carbonyl (C=O) groups is 1. The molecule has 2 N–H and O–H groups in total. The summed E-state index contributed by atoms with van der Waals surface area (Å²) in [6.45, 7) is 6.91. The van der Waals surface area contributed by atoms with Gasteiger partial charge in [0.05, 0.1) is 0 Å². The largest absolute Gasteiger partial charge is 0.484 e. The number of aliphatic hydroxyl groups excluding tert-OH is 1. The lowest BCUT2D eigenvalue weighted by Crippen LogP contribution is -2.30. The van der Waals surface area contributed by atoms with E-state index in [2.05, 4.69) is 5.32 Å². The summed E-state index contributed by atoms with van der Waals surface area (Å²) in [5, 5.41) is 11.7. The van der Waals surface area contributed by atoms with Gasteiger partial charge in [-0.05, 0) is 55.9 Å². The number of hydrogen-bond acceptors (Lipinski definition) is 3. The predicted molar refractivity (Wildman–Crippen MR) is 79.9 cm³/mol. The first kappa shape index (κ1) is 16.5. The van der Waals surface area contributed by atoms with Crippen molar-refractivity contribution in [2.24, 2.45) is 5.92 Å². The molecule has 1 amide bonds. The molecule has 20 heavy (non-hydrogen) atoms. The van der Waals surface area contributed by atoms with Crippen molar-refractivity contribution in [2.75, 3.05) is 19.8 Å². The number of carbonyl (C=O) groups excluding carboxylic acids is 1. The summed E-state index contributed by atoms with van der Waals surface area (Å²) < 4.78 is 5.45. The molecule has 4 nitrogen and oxygen atoms in total. The van der Waals surface area contributed by atoms with E-state index in [1.807, 2.05) is 39.0 Å². The first-order valence-electron chi connectivity index (χ1n) is 7.10. The van der Waals surface area contributed by atoms with Crippen molar-refractivity contribution in [2.45, 2.75) is 33.6 Å². The van der Waals surface area contributed by atoms with Crippen LogP contribution in [0.3, 0.4) is 0 Å². The normalized spacial score (nSPS) is 12.0. The number of rotatable bonds is 8. The van der Waals surface area contributed by atoms with Crippen molar-refractivity contribution >= 4 is 5.91 Å². The Labute approximate surface area is 121 Å². The van der Waals surface area contributed by atoms with Gasteiger partial charge in [0.25, 0.3) is 5.91 Å². The van der Waals surface area contributed by atoms with E-state index in [0.29, 0.717) is 12.5 Å². The van der Waals surface area contributed by atoms with Crippen LogP contribution in [-0.4, -0.2) is 30.8 Å². The molecule has 0 aliphatic carbocycles. The summed E-state index contributed by atoms with van der Waals surface area (Å²) in [4.78, 5) is 11.6. The van der Waals surface area contributed by atoms with Gasteiger partial charge in [-0.3, -0.25) is 4.79 Å². The van der Waals surface area contributed by atoms with Gasteiger partial charge in [0.1, 0.15) is 5.75 Å². The Morgan fingerprint density at radius 1 is 1.35 bits per heavy atom. The highest BCUT2D eigenvalue weighted by Crippen LogP contribution is 2.16. The molecule has 0 saturated carbocycles. The molecule has 1 atom stereocenters. The maximum absolute atomic E-state index is 11.6. The van der Waals surface area contributed by atoms with Gasteiger partial charge in [-0.15, -0.1) is 0 Å². The molecule has 112 valence electrons. The third-order valence-corrected chi connectivity index (χ3v) is 3.36. The second-order valence-corrected chi connectivity index (χ2v) is 5.31. The van der Waals surface area contributed by atoms with Crippen molar-refractivity contribution in [3.05, 3.63) is 29.3 Å². The molecule has 0 bridgehead atoms. The highest BCUT2D eigenvalue weighted by atomic mass is 16.5. The Morgan fingerprint density at radius 3 is 2.75 bits per heavy atom. The van der Waals surface area contributed by atoms with Gasteiger partial charge < -0.3 is 15.2 Å². The summed E-state index contributed by atoms with van der Waals surface area (Å²) in [6.07, 6.45) is 1.78.